The predicted molar refractivity (Wildman–Crippen MR) is 71.6 cm³/mol. The second-order valence-corrected chi connectivity index (χ2v) is 4.70. The molecule has 2 aromatic rings. The molecule has 1 heterocycles. The summed E-state index contributed by atoms with van der Waals surface area (Å²) < 4.78 is 1.11. The van der Waals surface area contributed by atoms with Crippen LogP contribution < -0.4 is 11.2 Å². The summed E-state index contributed by atoms with van der Waals surface area (Å²) in [7, 11) is 0. The fraction of sp³-hybridized carbons (Fsp3) is 0.167. The van der Waals surface area contributed by atoms with Gasteiger partial charge in [0.25, 0.3) is 5.56 Å². The first-order valence-electron chi connectivity index (χ1n) is 5.26. The third kappa shape index (κ3) is 2.49. The van der Waals surface area contributed by atoms with E-state index in [4.69, 9.17) is 23.2 Å². The second kappa shape index (κ2) is 5.00. The van der Waals surface area contributed by atoms with E-state index in [1.54, 1.807) is 31.2 Å². The summed E-state index contributed by atoms with van der Waals surface area (Å²) in [4.78, 5) is 25.9. The molecule has 0 saturated carbocycles. The molecule has 1 aromatic heterocycles. The summed E-state index contributed by atoms with van der Waals surface area (Å²) >= 11 is 11.4. The van der Waals surface area contributed by atoms with Crippen molar-refractivity contribution in [2.75, 3.05) is 0 Å². The molecule has 4 nitrogen and oxygen atoms in total. The van der Waals surface area contributed by atoms with Crippen molar-refractivity contribution in [3.63, 3.8) is 0 Å². The monoisotopic (exact) mass is 284 g/mol. The van der Waals surface area contributed by atoms with Gasteiger partial charge in [0.05, 0.1) is 6.04 Å². The number of aromatic nitrogens is 2. The Balaban J connectivity index is 2.53. The van der Waals surface area contributed by atoms with Crippen molar-refractivity contribution in [1.29, 1.82) is 0 Å². The van der Waals surface area contributed by atoms with Crippen LogP contribution in [-0.2, 0) is 0 Å². The fourth-order valence-electron chi connectivity index (χ4n) is 1.73. The first kappa shape index (κ1) is 12.9. The Morgan fingerprint density at radius 2 is 1.78 bits per heavy atom. The third-order valence-electron chi connectivity index (χ3n) is 2.67. The fourth-order valence-corrected chi connectivity index (χ4v) is 2.03. The summed E-state index contributed by atoms with van der Waals surface area (Å²) in [5, 5.41) is 0.632. The van der Waals surface area contributed by atoms with Crippen molar-refractivity contribution >= 4 is 23.2 Å². The molecule has 2 rings (SSSR count). The average Bonchev–Trinajstić information content (AvgIpc) is 2.28. The minimum Gasteiger partial charge on any atom is -0.298 e. The van der Waals surface area contributed by atoms with Crippen LogP contribution in [0.25, 0.3) is 0 Å². The Morgan fingerprint density at radius 3 is 2.33 bits per heavy atom. The van der Waals surface area contributed by atoms with Crippen molar-refractivity contribution < 1.29 is 0 Å². The van der Waals surface area contributed by atoms with Crippen LogP contribution in [0.5, 0.6) is 0 Å². The lowest BCUT2D eigenvalue weighted by molar-refractivity contribution is 0.578. The van der Waals surface area contributed by atoms with Crippen LogP contribution in [0.3, 0.4) is 0 Å². The van der Waals surface area contributed by atoms with Gasteiger partial charge in [-0.15, -0.1) is 0 Å². The summed E-state index contributed by atoms with van der Waals surface area (Å²) in [5.41, 5.74) is -0.157. The zero-order chi connectivity index (χ0) is 13.3. The lowest BCUT2D eigenvalue weighted by atomic mass is 10.1. The average molecular weight is 285 g/mol. The van der Waals surface area contributed by atoms with E-state index in [-0.39, 0.29) is 5.15 Å². The molecule has 0 fully saturated rings. The van der Waals surface area contributed by atoms with Gasteiger partial charge in [0.1, 0.15) is 5.15 Å². The van der Waals surface area contributed by atoms with Crippen molar-refractivity contribution in [3.05, 3.63) is 66.9 Å². The Kier molecular flexibility index (Phi) is 3.59. The first-order valence-corrected chi connectivity index (χ1v) is 6.01. The van der Waals surface area contributed by atoms with Crippen molar-refractivity contribution in [3.8, 4) is 0 Å². The van der Waals surface area contributed by atoms with Gasteiger partial charge in [-0.3, -0.25) is 14.3 Å². The number of rotatable bonds is 2. The van der Waals surface area contributed by atoms with Crippen LogP contribution in [0.15, 0.2) is 39.9 Å². The smallest absolute Gasteiger partial charge is 0.298 e. The van der Waals surface area contributed by atoms with E-state index < -0.39 is 17.3 Å². The van der Waals surface area contributed by atoms with Crippen molar-refractivity contribution in [2.24, 2.45) is 0 Å². The molecule has 0 radical (unpaired) electrons. The molecule has 1 unspecified atom stereocenters. The Bertz CT molecular complexity index is 642. The van der Waals surface area contributed by atoms with Gasteiger partial charge in [0.15, 0.2) is 0 Å². The highest BCUT2D eigenvalue weighted by molar-refractivity contribution is 6.30. The van der Waals surface area contributed by atoms with Gasteiger partial charge in [-0.05, 0) is 24.6 Å². The van der Waals surface area contributed by atoms with E-state index in [0.717, 1.165) is 10.1 Å². The molecule has 18 heavy (non-hydrogen) atoms. The van der Waals surface area contributed by atoms with E-state index in [2.05, 4.69) is 4.98 Å². The molecule has 0 saturated heterocycles. The number of nitrogens with one attached hydrogen (secondary N) is 1. The highest BCUT2D eigenvalue weighted by Crippen LogP contribution is 2.17. The third-order valence-corrected chi connectivity index (χ3v) is 3.13. The van der Waals surface area contributed by atoms with Crippen molar-refractivity contribution in [2.45, 2.75) is 13.0 Å². The largest absolute Gasteiger partial charge is 0.330 e. The van der Waals surface area contributed by atoms with Crippen LogP contribution >= 0.6 is 23.2 Å². The molecular weight excluding hydrogens is 275 g/mol. The normalized spacial score (nSPS) is 12.4. The molecule has 6 heteroatoms. The number of aromatic amines is 1. The van der Waals surface area contributed by atoms with Gasteiger partial charge in [0, 0.05) is 11.1 Å². The zero-order valence-electron chi connectivity index (χ0n) is 9.48. The number of benzene rings is 1. The van der Waals surface area contributed by atoms with Crippen LogP contribution in [0.1, 0.15) is 18.5 Å². The standard InChI is InChI=1S/C12H10Cl2N2O2/c1-7(8-2-4-9(13)5-3-8)16-11(17)6-10(14)15-12(16)18/h2-7H,1H3,(H,15,18). The summed E-state index contributed by atoms with van der Waals surface area (Å²) in [6.45, 7) is 1.76. The van der Waals surface area contributed by atoms with Crippen LogP contribution in [0.2, 0.25) is 10.2 Å². The van der Waals surface area contributed by atoms with Crippen LogP contribution in [0.4, 0.5) is 0 Å². The van der Waals surface area contributed by atoms with Gasteiger partial charge < -0.3 is 0 Å². The van der Waals surface area contributed by atoms with Crippen molar-refractivity contribution in [1.82, 2.24) is 9.55 Å². The maximum atomic E-state index is 11.8. The summed E-state index contributed by atoms with van der Waals surface area (Å²) in [6.07, 6.45) is 0. The number of halogens is 2. The van der Waals surface area contributed by atoms with E-state index in [0.29, 0.717) is 5.02 Å². The molecule has 0 aliphatic rings. The van der Waals surface area contributed by atoms with E-state index >= 15 is 0 Å². The molecular formula is C12H10Cl2N2O2. The van der Waals surface area contributed by atoms with E-state index in [9.17, 15) is 9.59 Å². The molecule has 0 aliphatic heterocycles. The van der Waals surface area contributed by atoms with E-state index in [1.165, 1.54) is 6.07 Å². The molecule has 94 valence electrons. The maximum Gasteiger partial charge on any atom is 0.330 e. The Hall–Kier alpha value is -1.52. The SMILES string of the molecule is CC(c1ccc(Cl)cc1)n1c(=O)cc(Cl)[nH]c1=O. The second-order valence-electron chi connectivity index (χ2n) is 3.86. The molecule has 1 N–H and O–H groups in total. The number of nitrogens with zero attached hydrogens (tertiary/aromatic N) is 1. The number of hydrogen-bond acceptors (Lipinski definition) is 2. The molecule has 0 aliphatic carbocycles. The van der Waals surface area contributed by atoms with Gasteiger partial charge >= 0.3 is 5.69 Å². The van der Waals surface area contributed by atoms with E-state index in [1.807, 2.05) is 0 Å². The number of hydrogen-bond donors (Lipinski definition) is 1. The number of H-pyrrole nitrogens is 1. The zero-order valence-corrected chi connectivity index (χ0v) is 11.0. The summed E-state index contributed by atoms with van der Waals surface area (Å²) in [6, 6.07) is 7.75. The molecule has 0 amide bonds. The van der Waals surface area contributed by atoms with Crippen LogP contribution in [-0.4, -0.2) is 9.55 Å². The molecule has 0 bridgehead atoms. The molecule has 0 spiro atoms. The highest BCUT2D eigenvalue weighted by Gasteiger charge is 2.13. The molecule has 1 aromatic carbocycles. The maximum absolute atomic E-state index is 11.8. The topological polar surface area (TPSA) is 54.9 Å². The van der Waals surface area contributed by atoms with Gasteiger partial charge in [0.2, 0.25) is 0 Å². The van der Waals surface area contributed by atoms with Gasteiger partial charge in [-0.25, -0.2) is 4.79 Å². The lowest BCUT2D eigenvalue weighted by Gasteiger charge is -2.14. The highest BCUT2D eigenvalue weighted by atomic mass is 35.5. The van der Waals surface area contributed by atoms with Crippen LogP contribution in [0, 0.1) is 0 Å². The predicted octanol–water partition coefficient (Wildman–Crippen LogP) is 2.45. The minimum absolute atomic E-state index is 0.0320. The summed E-state index contributed by atoms with van der Waals surface area (Å²) in [5.74, 6) is 0. The first-order chi connectivity index (χ1) is 8.49. The van der Waals surface area contributed by atoms with Gasteiger partial charge in [-0.2, -0.15) is 0 Å². The minimum atomic E-state index is -0.532. The Morgan fingerprint density at radius 1 is 1.17 bits per heavy atom. The van der Waals surface area contributed by atoms with Gasteiger partial charge in [-0.1, -0.05) is 35.3 Å². The molecule has 1 atom stereocenters. The lowest BCUT2D eigenvalue weighted by Crippen LogP contribution is -2.37. The Labute approximate surface area is 113 Å². The quantitative estimate of drug-likeness (QED) is 0.862.